The quantitative estimate of drug-likeness (QED) is 0.396. The number of rotatable bonds is 5. The smallest absolute Gasteiger partial charge is 0.368 e. The number of amidine groups is 1. The van der Waals surface area contributed by atoms with E-state index in [1.807, 2.05) is 0 Å². The molecule has 0 aliphatic rings. The van der Waals surface area contributed by atoms with Crippen molar-refractivity contribution in [3.63, 3.8) is 0 Å². The van der Waals surface area contributed by atoms with Crippen molar-refractivity contribution in [1.82, 2.24) is 0 Å². The van der Waals surface area contributed by atoms with Crippen molar-refractivity contribution in [1.29, 1.82) is 0 Å². The number of nitrogens with two attached hydrogens (primary N) is 1. The van der Waals surface area contributed by atoms with E-state index >= 15 is 0 Å². The molecule has 0 atom stereocenters. The summed E-state index contributed by atoms with van der Waals surface area (Å²) in [5.74, 6) is -0.726. The second-order valence-corrected chi connectivity index (χ2v) is 4.40. The highest BCUT2D eigenvalue weighted by molar-refractivity contribution is 5.98. The Balaban J connectivity index is 2.17. The fourth-order valence-corrected chi connectivity index (χ4v) is 1.81. The molecule has 0 spiro atoms. The molecule has 7 heteroatoms. The third kappa shape index (κ3) is 3.76. The Hall–Kier alpha value is -3.09. The van der Waals surface area contributed by atoms with Crippen LogP contribution in [0.15, 0.2) is 47.6 Å². The number of benzene rings is 2. The van der Waals surface area contributed by atoms with E-state index in [1.54, 1.807) is 18.2 Å². The SMILES string of the molecule is COc1ccc(/C(N)=N/OC(=O)c2ccccc2F)cc1OC. The molecule has 120 valence electrons. The summed E-state index contributed by atoms with van der Waals surface area (Å²) in [4.78, 5) is 16.4. The summed E-state index contributed by atoms with van der Waals surface area (Å²) in [6.07, 6.45) is 0. The molecule has 0 amide bonds. The minimum Gasteiger partial charge on any atom is -0.493 e. The van der Waals surface area contributed by atoms with Gasteiger partial charge in [0.2, 0.25) is 0 Å². The normalized spacial score (nSPS) is 11.0. The molecule has 0 saturated heterocycles. The van der Waals surface area contributed by atoms with E-state index in [1.165, 1.54) is 32.4 Å². The number of nitrogens with zero attached hydrogens (tertiary/aromatic N) is 1. The highest BCUT2D eigenvalue weighted by Crippen LogP contribution is 2.27. The highest BCUT2D eigenvalue weighted by Gasteiger charge is 2.13. The first kappa shape index (κ1) is 16.3. The van der Waals surface area contributed by atoms with Gasteiger partial charge >= 0.3 is 5.97 Å². The number of ether oxygens (including phenoxy) is 2. The van der Waals surface area contributed by atoms with Crippen molar-refractivity contribution < 1.29 is 23.5 Å². The number of halogens is 1. The third-order valence-corrected chi connectivity index (χ3v) is 3.00. The van der Waals surface area contributed by atoms with Crippen LogP contribution >= 0.6 is 0 Å². The average molecular weight is 318 g/mol. The van der Waals surface area contributed by atoms with Crippen LogP contribution in [0.3, 0.4) is 0 Å². The van der Waals surface area contributed by atoms with Gasteiger partial charge in [-0.1, -0.05) is 17.3 Å². The van der Waals surface area contributed by atoms with Gasteiger partial charge in [0.1, 0.15) is 5.82 Å². The second kappa shape index (κ2) is 7.26. The lowest BCUT2D eigenvalue weighted by Gasteiger charge is -2.09. The number of carbonyl (C=O) groups is 1. The van der Waals surface area contributed by atoms with E-state index in [0.717, 1.165) is 6.07 Å². The molecule has 2 rings (SSSR count). The minimum atomic E-state index is -0.938. The second-order valence-electron chi connectivity index (χ2n) is 4.40. The third-order valence-electron chi connectivity index (χ3n) is 3.00. The van der Waals surface area contributed by atoms with Crippen molar-refractivity contribution in [2.75, 3.05) is 14.2 Å². The van der Waals surface area contributed by atoms with Gasteiger partial charge in [-0.05, 0) is 30.3 Å². The summed E-state index contributed by atoms with van der Waals surface area (Å²) < 4.78 is 23.7. The van der Waals surface area contributed by atoms with Gasteiger partial charge in [0.15, 0.2) is 17.3 Å². The van der Waals surface area contributed by atoms with Crippen molar-refractivity contribution in [2.45, 2.75) is 0 Å². The van der Waals surface area contributed by atoms with Crippen LogP contribution in [-0.2, 0) is 4.84 Å². The Labute approximate surface area is 132 Å². The first-order valence-corrected chi connectivity index (χ1v) is 6.58. The van der Waals surface area contributed by atoms with Crippen LogP contribution in [0.25, 0.3) is 0 Å². The van der Waals surface area contributed by atoms with E-state index < -0.39 is 11.8 Å². The van der Waals surface area contributed by atoms with Crippen LogP contribution in [0.5, 0.6) is 11.5 Å². The van der Waals surface area contributed by atoms with Crippen LogP contribution in [0.2, 0.25) is 0 Å². The Kier molecular flexibility index (Phi) is 5.14. The molecule has 0 aromatic heterocycles. The van der Waals surface area contributed by atoms with Crippen molar-refractivity contribution in [3.05, 3.63) is 59.4 Å². The molecule has 0 unspecified atom stereocenters. The van der Waals surface area contributed by atoms with Crippen molar-refractivity contribution >= 4 is 11.8 Å². The predicted octanol–water partition coefficient (Wildman–Crippen LogP) is 2.32. The predicted molar refractivity (Wildman–Crippen MR) is 82.1 cm³/mol. The monoisotopic (exact) mass is 318 g/mol. The Bertz CT molecular complexity index is 747. The van der Waals surface area contributed by atoms with E-state index in [4.69, 9.17) is 15.2 Å². The largest absolute Gasteiger partial charge is 0.493 e. The lowest BCUT2D eigenvalue weighted by atomic mass is 10.2. The number of carbonyl (C=O) groups excluding carboxylic acids is 1. The molecule has 6 nitrogen and oxygen atoms in total. The molecule has 0 fully saturated rings. The van der Waals surface area contributed by atoms with Crippen LogP contribution < -0.4 is 15.2 Å². The molecular formula is C16H15FN2O4. The first-order chi connectivity index (χ1) is 11.1. The molecule has 0 saturated carbocycles. The van der Waals surface area contributed by atoms with Gasteiger partial charge in [0.05, 0.1) is 19.8 Å². The van der Waals surface area contributed by atoms with Gasteiger partial charge in [-0.3, -0.25) is 0 Å². The molecule has 2 aromatic carbocycles. The minimum absolute atomic E-state index is 0.0596. The van der Waals surface area contributed by atoms with Gasteiger partial charge < -0.3 is 20.0 Å². The van der Waals surface area contributed by atoms with Crippen LogP contribution in [0.1, 0.15) is 15.9 Å². The highest BCUT2D eigenvalue weighted by atomic mass is 19.1. The zero-order chi connectivity index (χ0) is 16.8. The van der Waals surface area contributed by atoms with Crippen molar-refractivity contribution in [2.24, 2.45) is 10.9 Å². The van der Waals surface area contributed by atoms with Gasteiger partial charge in [0, 0.05) is 5.56 Å². The maximum atomic E-state index is 13.5. The maximum Gasteiger partial charge on any atom is 0.368 e. The standard InChI is InChI=1S/C16H15FN2O4/c1-21-13-8-7-10(9-14(13)22-2)15(18)19-23-16(20)11-5-3-4-6-12(11)17/h3-9H,1-2H3,(H2,18,19). The zero-order valence-corrected chi connectivity index (χ0v) is 12.6. The van der Waals surface area contributed by atoms with E-state index in [9.17, 15) is 9.18 Å². The molecule has 0 aliphatic heterocycles. The van der Waals surface area contributed by atoms with E-state index in [2.05, 4.69) is 9.99 Å². The molecule has 0 bridgehead atoms. The molecule has 0 heterocycles. The zero-order valence-electron chi connectivity index (χ0n) is 12.6. The summed E-state index contributed by atoms with van der Waals surface area (Å²) in [5, 5.41) is 3.52. The van der Waals surface area contributed by atoms with Crippen molar-refractivity contribution in [3.8, 4) is 11.5 Å². The van der Waals surface area contributed by atoms with Gasteiger partial charge in [-0.25, -0.2) is 9.18 Å². The van der Waals surface area contributed by atoms with E-state index in [0.29, 0.717) is 17.1 Å². The fourth-order valence-electron chi connectivity index (χ4n) is 1.81. The molecule has 0 aliphatic carbocycles. The van der Waals surface area contributed by atoms with Gasteiger partial charge in [-0.2, -0.15) is 0 Å². The molecule has 2 N–H and O–H groups in total. The Morgan fingerprint density at radius 1 is 1.09 bits per heavy atom. The van der Waals surface area contributed by atoms with Crippen LogP contribution in [0, 0.1) is 5.82 Å². The first-order valence-electron chi connectivity index (χ1n) is 6.58. The maximum absolute atomic E-state index is 13.5. The molecule has 2 aromatic rings. The molecule has 23 heavy (non-hydrogen) atoms. The topological polar surface area (TPSA) is 83.1 Å². The number of hydrogen-bond donors (Lipinski definition) is 1. The van der Waals surface area contributed by atoms with Gasteiger partial charge in [0.25, 0.3) is 0 Å². The fraction of sp³-hybridized carbons (Fsp3) is 0.125. The molecular weight excluding hydrogens is 303 g/mol. The van der Waals surface area contributed by atoms with Crippen LogP contribution in [0.4, 0.5) is 4.39 Å². The summed E-state index contributed by atoms with van der Waals surface area (Å²) in [7, 11) is 2.98. The van der Waals surface area contributed by atoms with Gasteiger partial charge in [-0.15, -0.1) is 0 Å². The summed E-state index contributed by atoms with van der Waals surface area (Å²) in [5.41, 5.74) is 5.99. The summed E-state index contributed by atoms with van der Waals surface area (Å²) >= 11 is 0. The number of oxime groups is 1. The number of methoxy groups -OCH3 is 2. The lowest BCUT2D eigenvalue weighted by Crippen LogP contribution is -2.15. The summed E-state index contributed by atoms with van der Waals surface area (Å²) in [6.45, 7) is 0. The molecule has 0 radical (unpaired) electrons. The Morgan fingerprint density at radius 2 is 1.78 bits per heavy atom. The van der Waals surface area contributed by atoms with Crippen LogP contribution in [-0.4, -0.2) is 26.0 Å². The average Bonchev–Trinajstić information content (AvgIpc) is 2.59. The van der Waals surface area contributed by atoms with E-state index in [-0.39, 0.29) is 11.4 Å². The number of hydrogen-bond acceptors (Lipinski definition) is 5. The Morgan fingerprint density at radius 3 is 2.43 bits per heavy atom. The summed E-state index contributed by atoms with van der Waals surface area (Å²) in [6, 6.07) is 10.3. The lowest BCUT2D eigenvalue weighted by molar-refractivity contribution is 0.0510.